The predicted molar refractivity (Wildman–Crippen MR) is 62.3 cm³/mol. The smallest absolute Gasteiger partial charge is 0.302 e. The molecule has 0 saturated heterocycles. The van der Waals surface area contributed by atoms with Crippen molar-refractivity contribution in [2.45, 2.75) is 19.4 Å². The maximum Gasteiger partial charge on any atom is 0.302 e. The van der Waals surface area contributed by atoms with Crippen molar-refractivity contribution >= 4 is 5.97 Å². The van der Waals surface area contributed by atoms with Crippen molar-refractivity contribution in [1.82, 2.24) is 0 Å². The Balaban J connectivity index is 2.37. The minimum absolute atomic E-state index is 0.137. The first kappa shape index (κ1) is 12.3. The number of rotatable bonds is 6. The van der Waals surface area contributed by atoms with Crippen LogP contribution in [-0.4, -0.2) is 18.7 Å². The Morgan fingerprint density at radius 3 is 2.69 bits per heavy atom. The van der Waals surface area contributed by atoms with Gasteiger partial charge in [0.25, 0.3) is 0 Å². The zero-order valence-electron chi connectivity index (χ0n) is 9.39. The van der Waals surface area contributed by atoms with E-state index in [0.29, 0.717) is 13.0 Å². The Bertz CT molecular complexity index is 332. The molecule has 0 aromatic heterocycles. The van der Waals surface area contributed by atoms with Crippen LogP contribution in [0.3, 0.4) is 0 Å². The summed E-state index contributed by atoms with van der Waals surface area (Å²) in [5, 5.41) is 0. The fourth-order valence-electron chi connectivity index (χ4n) is 1.22. The molecule has 0 amide bonds. The van der Waals surface area contributed by atoms with Gasteiger partial charge < -0.3 is 9.47 Å². The molecular weight excluding hydrogens is 204 g/mol. The summed E-state index contributed by atoms with van der Waals surface area (Å²) < 4.78 is 10.5. The third-order valence-electron chi connectivity index (χ3n) is 2.00. The van der Waals surface area contributed by atoms with Crippen LogP contribution in [0.15, 0.2) is 43.0 Å². The van der Waals surface area contributed by atoms with Crippen molar-refractivity contribution in [3.63, 3.8) is 0 Å². The van der Waals surface area contributed by atoms with Crippen molar-refractivity contribution in [1.29, 1.82) is 0 Å². The second-order valence-corrected chi connectivity index (χ2v) is 3.33. The van der Waals surface area contributed by atoms with Gasteiger partial charge in [-0.25, -0.2) is 0 Å². The van der Waals surface area contributed by atoms with Crippen LogP contribution in [0.1, 0.15) is 13.3 Å². The van der Waals surface area contributed by atoms with Crippen molar-refractivity contribution in [3.05, 3.63) is 43.0 Å². The minimum Gasteiger partial charge on any atom is -0.486 e. The van der Waals surface area contributed by atoms with E-state index in [1.54, 1.807) is 6.08 Å². The number of hydrogen-bond donors (Lipinski definition) is 0. The highest BCUT2D eigenvalue weighted by atomic mass is 16.5. The van der Waals surface area contributed by atoms with E-state index >= 15 is 0 Å². The second-order valence-electron chi connectivity index (χ2n) is 3.33. The average Bonchev–Trinajstić information content (AvgIpc) is 2.28. The molecule has 0 N–H and O–H groups in total. The summed E-state index contributed by atoms with van der Waals surface area (Å²) in [5.41, 5.74) is 0. The second kappa shape index (κ2) is 6.67. The van der Waals surface area contributed by atoms with Crippen LogP contribution in [0.2, 0.25) is 0 Å². The van der Waals surface area contributed by atoms with Gasteiger partial charge in [-0.3, -0.25) is 4.79 Å². The number of ether oxygens (including phenoxy) is 2. The largest absolute Gasteiger partial charge is 0.486 e. The zero-order valence-corrected chi connectivity index (χ0v) is 9.39. The molecule has 1 atom stereocenters. The SMILES string of the molecule is C=CC(CCOC(C)=O)Oc1ccccc1. The van der Waals surface area contributed by atoms with Crippen molar-refractivity contribution in [2.75, 3.05) is 6.61 Å². The average molecular weight is 220 g/mol. The molecule has 0 heterocycles. The Hall–Kier alpha value is -1.77. The molecule has 0 aliphatic carbocycles. The minimum atomic E-state index is -0.275. The summed E-state index contributed by atoms with van der Waals surface area (Å²) in [6, 6.07) is 9.49. The van der Waals surface area contributed by atoms with Gasteiger partial charge in [-0.15, -0.1) is 0 Å². The molecule has 3 nitrogen and oxygen atoms in total. The molecule has 3 heteroatoms. The fourth-order valence-corrected chi connectivity index (χ4v) is 1.22. The quantitative estimate of drug-likeness (QED) is 0.546. The van der Waals surface area contributed by atoms with Gasteiger partial charge >= 0.3 is 5.97 Å². The summed E-state index contributed by atoms with van der Waals surface area (Å²) in [6.45, 7) is 5.43. The van der Waals surface area contributed by atoms with Crippen LogP contribution >= 0.6 is 0 Å². The van der Waals surface area contributed by atoms with Crippen LogP contribution in [0.25, 0.3) is 0 Å². The van der Waals surface area contributed by atoms with Crippen LogP contribution < -0.4 is 4.74 Å². The molecule has 16 heavy (non-hydrogen) atoms. The lowest BCUT2D eigenvalue weighted by atomic mass is 10.2. The van der Waals surface area contributed by atoms with Gasteiger partial charge in [0.2, 0.25) is 0 Å². The molecule has 1 aromatic rings. The molecule has 1 unspecified atom stereocenters. The van der Waals surface area contributed by atoms with E-state index in [1.807, 2.05) is 30.3 Å². The summed E-state index contributed by atoms with van der Waals surface area (Å²) in [7, 11) is 0. The van der Waals surface area contributed by atoms with E-state index < -0.39 is 0 Å². The Kier molecular flexibility index (Phi) is 5.12. The molecule has 1 rings (SSSR count). The first-order chi connectivity index (χ1) is 7.72. The highest BCUT2D eigenvalue weighted by Gasteiger charge is 2.06. The van der Waals surface area contributed by atoms with Crippen LogP contribution in [0, 0.1) is 0 Å². The Morgan fingerprint density at radius 2 is 2.12 bits per heavy atom. The normalized spacial score (nSPS) is 11.6. The molecule has 0 fully saturated rings. The summed E-state index contributed by atoms with van der Waals surface area (Å²) in [4.78, 5) is 10.6. The zero-order chi connectivity index (χ0) is 11.8. The number of benzene rings is 1. The molecule has 0 radical (unpaired) electrons. The van der Waals surface area contributed by atoms with Crippen LogP contribution in [0.4, 0.5) is 0 Å². The van der Waals surface area contributed by atoms with Gasteiger partial charge in [0.15, 0.2) is 0 Å². The summed E-state index contributed by atoms with van der Waals surface area (Å²) >= 11 is 0. The molecule has 0 aliphatic heterocycles. The molecule has 86 valence electrons. The third kappa shape index (κ3) is 4.64. The number of para-hydroxylation sites is 1. The van der Waals surface area contributed by atoms with Crippen LogP contribution in [0.5, 0.6) is 5.75 Å². The molecule has 0 bridgehead atoms. The lowest BCUT2D eigenvalue weighted by molar-refractivity contribution is -0.141. The van der Waals surface area contributed by atoms with Crippen molar-refractivity contribution < 1.29 is 14.3 Å². The first-order valence-electron chi connectivity index (χ1n) is 5.20. The summed E-state index contributed by atoms with van der Waals surface area (Å²) in [5.74, 6) is 0.512. The highest BCUT2D eigenvalue weighted by molar-refractivity contribution is 5.65. The number of esters is 1. The van der Waals surface area contributed by atoms with E-state index in [0.717, 1.165) is 5.75 Å². The highest BCUT2D eigenvalue weighted by Crippen LogP contribution is 2.12. The van der Waals surface area contributed by atoms with Gasteiger partial charge in [-0.2, -0.15) is 0 Å². The van der Waals surface area contributed by atoms with Gasteiger partial charge in [-0.1, -0.05) is 30.9 Å². The molecule has 1 aromatic carbocycles. The van der Waals surface area contributed by atoms with Gasteiger partial charge in [0.1, 0.15) is 11.9 Å². The monoisotopic (exact) mass is 220 g/mol. The predicted octanol–water partition coefficient (Wildman–Crippen LogP) is 2.57. The van der Waals surface area contributed by atoms with Gasteiger partial charge in [-0.05, 0) is 12.1 Å². The maximum atomic E-state index is 10.6. The van der Waals surface area contributed by atoms with E-state index in [1.165, 1.54) is 6.92 Å². The molecule has 0 saturated carbocycles. The maximum absolute atomic E-state index is 10.6. The summed E-state index contributed by atoms with van der Waals surface area (Å²) in [6.07, 6.45) is 2.18. The van der Waals surface area contributed by atoms with E-state index in [-0.39, 0.29) is 12.1 Å². The molecular formula is C13H16O3. The van der Waals surface area contributed by atoms with E-state index in [4.69, 9.17) is 9.47 Å². The van der Waals surface area contributed by atoms with Crippen molar-refractivity contribution in [2.24, 2.45) is 0 Å². The fraction of sp³-hybridized carbons (Fsp3) is 0.308. The standard InChI is InChI=1S/C13H16O3/c1-3-12(9-10-15-11(2)14)16-13-7-5-4-6-8-13/h3-8,12H,1,9-10H2,2H3. The van der Waals surface area contributed by atoms with Gasteiger partial charge in [0.05, 0.1) is 6.61 Å². The third-order valence-corrected chi connectivity index (χ3v) is 2.00. The van der Waals surface area contributed by atoms with E-state index in [2.05, 4.69) is 6.58 Å². The lowest BCUT2D eigenvalue weighted by Crippen LogP contribution is -2.16. The van der Waals surface area contributed by atoms with Crippen molar-refractivity contribution in [3.8, 4) is 5.75 Å². The molecule has 0 aliphatic rings. The number of hydrogen-bond acceptors (Lipinski definition) is 3. The van der Waals surface area contributed by atoms with E-state index in [9.17, 15) is 4.79 Å². The number of carbonyl (C=O) groups excluding carboxylic acids is 1. The Labute approximate surface area is 95.7 Å². The Morgan fingerprint density at radius 1 is 1.44 bits per heavy atom. The topological polar surface area (TPSA) is 35.5 Å². The van der Waals surface area contributed by atoms with Gasteiger partial charge in [0, 0.05) is 13.3 Å². The lowest BCUT2D eigenvalue weighted by Gasteiger charge is -2.15. The van der Waals surface area contributed by atoms with Crippen LogP contribution in [-0.2, 0) is 9.53 Å². The number of carbonyl (C=O) groups is 1. The molecule has 0 spiro atoms. The first-order valence-corrected chi connectivity index (χ1v) is 5.20.